The van der Waals surface area contributed by atoms with Crippen molar-refractivity contribution in [3.05, 3.63) is 59.2 Å². The Morgan fingerprint density at radius 1 is 1.22 bits per heavy atom. The molecule has 1 fully saturated rings. The average molecular weight is 454 g/mol. The van der Waals surface area contributed by atoms with E-state index in [2.05, 4.69) is 25.5 Å². The molecular formula is C23H27N5O3S. The van der Waals surface area contributed by atoms with Gasteiger partial charge in [0.25, 0.3) is 5.91 Å². The van der Waals surface area contributed by atoms with Crippen molar-refractivity contribution >= 4 is 28.2 Å². The van der Waals surface area contributed by atoms with E-state index in [9.17, 15) is 4.79 Å². The van der Waals surface area contributed by atoms with E-state index in [0.717, 1.165) is 50.1 Å². The largest absolute Gasteiger partial charge is 0.457 e. The highest BCUT2D eigenvalue weighted by Gasteiger charge is 2.11. The Hall–Kier alpha value is -3.01. The molecule has 0 saturated carbocycles. The first-order valence-corrected chi connectivity index (χ1v) is 11.5. The van der Waals surface area contributed by atoms with Gasteiger partial charge in [-0.15, -0.1) is 11.3 Å². The van der Waals surface area contributed by atoms with Gasteiger partial charge in [-0.3, -0.25) is 9.69 Å². The summed E-state index contributed by atoms with van der Waals surface area (Å²) in [6, 6.07) is 10.7. The number of nitrogens with zero attached hydrogens (tertiary/aromatic N) is 3. The molecule has 32 heavy (non-hydrogen) atoms. The Morgan fingerprint density at radius 3 is 2.88 bits per heavy atom. The van der Waals surface area contributed by atoms with Crippen molar-refractivity contribution in [2.75, 3.05) is 44.7 Å². The molecule has 8 nitrogen and oxygen atoms in total. The van der Waals surface area contributed by atoms with E-state index < -0.39 is 0 Å². The maximum absolute atomic E-state index is 12.5. The van der Waals surface area contributed by atoms with Gasteiger partial charge >= 0.3 is 0 Å². The first-order chi connectivity index (χ1) is 15.7. The molecule has 2 N–H and O–H groups in total. The number of nitrogens with one attached hydrogen (secondary N) is 2. The number of aryl methyl sites for hydroxylation is 1. The van der Waals surface area contributed by atoms with E-state index >= 15 is 0 Å². The van der Waals surface area contributed by atoms with Crippen LogP contribution in [0, 0.1) is 6.92 Å². The summed E-state index contributed by atoms with van der Waals surface area (Å²) in [7, 11) is 0. The summed E-state index contributed by atoms with van der Waals surface area (Å²) in [5.74, 6) is 1.76. The number of amides is 1. The van der Waals surface area contributed by atoms with E-state index in [1.165, 1.54) is 11.3 Å². The smallest absolute Gasteiger partial charge is 0.251 e. The number of pyridine rings is 1. The molecule has 0 atom stereocenters. The zero-order valence-corrected chi connectivity index (χ0v) is 18.9. The fraction of sp³-hybridized carbons (Fsp3) is 0.348. The molecule has 1 aliphatic rings. The Morgan fingerprint density at radius 2 is 2.06 bits per heavy atom. The molecule has 1 amide bonds. The fourth-order valence-electron chi connectivity index (χ4n) is 3.33. The molecule has 1 aliphatic heterocycles. The van der Waals surface area contributed by atoms with Gasteiger partial charge in [-0.25, -0.2) is 9.97 Å². The van der Waals surface area contributed by atoms with Crippen molar-refractivity contribution in [2.45, 2.75) is 13.3 Å². The van der Waals surface area contributed by atoms with Gasteiger partial charge in [-0.1, -0.05) is 6.07 Å². The van der Waals surface area contributed by atoms with E-state index in [1.54, 1.807) is 30.5 Å². The van der Waals surface area contributed by atoms with Crippen LogP contribution in [-0.4, -0.2) is 60.2 Å². The van der Waals surface area contributed by atoms with Gasteiger partial charge in [0.15, 0.2) is 5.13 Å². The Kier molecular flexibility index (Phi) is 7.65. The van der Waals surface area contributed by atoms with Gasteiger partial charge in [0, 0.05) is 42.8 Å². The summed E-state index contributed by atoms with van der Waals surface area (Å²) >= 11 is 1.52. The highest BCUT2D eigenvalue weighted by atomic mass is 32.1. The normalized spacial score (nSPS) is 14.2. The minimum absolute atomic E-state index is 0.103. The molecule has 3 aromatic rings. The van der Waals surface area contributed by atoms with E-state index in [1.807, 2.05) is 24.4 Å². The summed E-state index contributed by atoms with van der Waals surface area (Å²) < 4.78 is 11.3. The quantitative estimate of drug-likeness (QED) is 0.476. The predicted octanol–water partition coefficient (Wildman–Crippen LogP) is 3.83. The number of aromatic nitrogens is 2. The summed E-state index contributed by atoms with van der Waals surface area (Å²) in [6.45, 7) is 7.05. The van der Waals surface area contributed by atoms with Gasteiger partial charge in [0.2, 0.25) is 0 Å². The number of ether oxygens (including phenoxy) is 2. The summed E-state index contributed by atoms with van der Waals surface area (Å²) in [5.41, 5.74) is 1.53. The summed E-state index contributed by atoms with van der Waals surface area (Å²) in [6.07, 6.45) is 2.58. The third kappa shape index (κ3) is 6.49. The van der Waals surface area contributed by atoms with Crippen LogP contribution in [0.3, 0.4) is 0 Å². The number of benzene rings is 1. The van der Waals surface area contributed by atoms with Crippen molar-refractivity contribution in [1.82, 2.24) is 20.2 Å². The zero-order chi connectivity index (χ0) is 22.2. The lowest BCUT2D eigenvalue weighted by Gasteiger charge is -2.26. The minimum Gasteiger partial charge on any atom is -0.457 e. The van der Waals surface area contributed by atoms with Crippen LogP contribution in [0.15, 0.2) is 48.0 Å². The summed E-state index contributed by atoms with van der Waals surface area (Å²) in [5, 5.41) is 8.92. The average Bonchev–Trinajstić information content (AvgIpc) is 3.22. The van der Waals surface area contributed by atoms with E-state index in [-0.39, 0.29) is 5.91 Å². The monoisotopic (exact) mass is 453 g/mol. The van der Waals surface area contributed by atoms with Crippen molar-refractivity contribution in [2.24, 2.45) is 0 Å². The zero-order valence-electron chi connectivity index (χ0n) is 18.0. The van der Waals surface area contributed by atoms with Crippen molar-refractivity contribution in [3.63, 3.8) is 0 Å². The SMILES string of the molecule is Cc1csc(Nc2cc(Oc3cccc(C(=O)NCCCN4CCOCC4)c3)ccn2)n1. The Labute approximate surface area is 191 Å². The molecule has 0 unspecified atom stereocenters. The number of carbonyl (C=O) groups excluding carboxylic acids is 1. The van der Waals surface area contributed by atoms with Crippen LogP contribution in [0.1, 0.15) is 22.5 Å². The number of rotatable bonds is 9. The maximum Gasteiger partial charge on any atom is 0.251 e. The van der Waals surface area contributed by atoms with Crippen LogP contribution < -0.4 is 15.4 Å². The molecule has 3 heterocycles. The predicted molar refractivity (Wildman–Crippen MR) is 125 cm³/mol. The maximum atomic E-state index is 12.5. The topological polar surface area (TPSA) is 88.6 Å². The lowest BCUT2D eigenvalue weighted by molar-refractivity contribution is 0.0374. The molecule has 0 radical (unpaired) electrons. The van der Waals surface area contributed by atoms with Crippen LogP contribution in [0.25, 0.3) is 0 Å². The molecule has 1 aromatic carbocycles. The highest BCUT2D eigenvalue weighted by molar-refractivity contribution is 7.13. The molecule has 1 saturated heterocycles. The second-order valence-electron chi connectivity index (χ2n) is 7.49. The number of thiazole rings is 1. The second kappa shape index (κ2) is 11.0. The molecule has 0 bridgehead atoms. The highest BCUT2D eigenvalue weighted by Crippen LogP contribution is 2.26. The molecule has 2 aromatic heterocycles. The van der Waals surface area contributed by atoms with Gasteiger partial charge in [-0.05, 0) is 44.2 Å². The van der Waals surface area contributed by atoms with Crippen molar-refractivity contribution < 1.29 is 14.3 Å². The number of anilines is 2. The third-order valence-corrected chi connectivity index (χ3v) is 5.83. The van der Waals surface area contributed by atoms with Gasteiger partial charge in [-0.2, -0.15) is 0 Å². The van der Waals surface area contributed by atoms with Crippen LogP contribution in [0.2, 0.25) is 0 Å². The van der Waals surface area contributed by atoms with Crippen LogP contribution in [0.5, 0.6) is 11.5 Å². The van der Waals surface area contributed by atoms with Crippen molar-refractivity contribution in [1.29, 1.82) is 0 Å². The number of morpholine rings is 1. The fourth-order valence-corrected chi connectivity index (χ4v) is 4.03. The van der Waals surface area contributed by atoms with Crippen LogP contribution in [-0.2, 0) is 4.74 Å². The standard InChI is InChI=1S/C23H27N5O3S/c1-17-16-32-23(26-17)27-21-15-20(6-8-24-21)31-19-5-2-4-18(14-19)22(29)25-7-3-9-28-10-12-30-13-11-28/h2,4-6,8,14-16H,3,7,9-13H2,1H3,(H,25,29)(H,24,26,27). The van der Waals surface area contributed by atoms with Crippen molar-refractivity contribution in [3.8, 4) is 11.5 Å². The molecular weight excluding hydrogens is 426 g/mol. The Balaban J connectivity index is 1.29. The molecule has 9 heteroatoms. The number of carbonyl (C=O) groups is 1. The summed E-state index contributed by atoms with van der Waals surface area (Å²) in [4.78, 5) is 23.6. The number of hydrogen-bond acceptors (Lipinski definition) is 8. The van der Waals surface area contributed by atoms with E-state index in [0.29, 0.717) is 29.4 Å². The van der Waals surface area contributed by atoms with Gasteiger partial charge in [0.1, 0.15) is 17.3 Å². The van der Waals surface area contributed by atoms with Crippen LogP contribution >= 0.6 is 11.3 Å². The molecule has 0 spiro atoms. The third-order valence-electron chi connectivity index (χ3n) is 4.96. The molecule has 4 rings (SSSR count). The van der Waals surface area contributed by atoms with E-state index in [4.69, 9.17) is 9.47 Å². The van der Waals surface area contributed by atoms with Crippen LogP contribution in [0.4, 0.5) is 10.9 Å². The lowest BCUT2D eigenvalue weighted by Crippen LogP contribution is -2.38. The minimum atomic E-state index is -0.103. The second-order valence-corrected chi connectivity index (χ2v) is 8.35. The lowest BCUT2D eigenvalue weighted by atomic mass is 10.2. The first kappa shape index (κ1) is 22.2. The van der Waals surface area contributed by atoms with Gasteiger partial charge in [0.05, 0.1) is 18.9 Å². The Bertz CT molecular complexity index is 1040. The molecule has 168 valence electrons. The number of hydrogen-bond donors (Lipinski definition) is 2. The van der Waals surface area contributed by atoms with Gasteiger partial charge < -0.3 is 20.1 Å². The molecule has 0 aliphatic carbocycles. The first-order valence-electron chi connectivity index (χ1n) is 10.7.